The second kappa shape index (κ2) is 12.6. The number of aromatic nitrogens is 3. The van der Waals surface area contributed by atoms with E-state index in [9.17, 15) is 0 Å². The Bertz CT molecular complexity index is 731. The number of guanidine groups is 1. The van der Waals surface area contributed by atoms with E-state index < -0.39 is 0 Å². The lowest BCUT2D eigenvalue weighted by molar-refractivity contribution is 0.185. The number of rotatable bonds is 9. The number of aliphatic imine (C=N–C) groups is 1. The summed E-state index contributed by atoms with van der Waals surface area (Å²) < 4.78 is 7.78. The lowest BCUT2D eigenvalue weighted by Crippen LogP contribution is -2.37. The van der Waals surface area contributed by atoms with Gasteiger partial charge in [-0.1, -0.05) is 13.8 Å². The van der Waals surface area contributed by atoms with Crippen LogP contribution in [0.1, 0.15) is 45.4 Å². The topological polar surface area (TPSA) is 76.4 Å². The maximum absolute atomic E-state index is 5.93. The van der Waals surface area contributed by atoms with Gasteiger partial charge in [-0.2, -0.15) is 5.10 Å². The summed E-state index contributed by atoms with van der Waals surface area (Å²) in [7, 11) is 1.93. The van der Waals surface area contributed by atoms with Gasteiger partial charge in [0.25, 0.3) is 0 Å². The van der Waals surface area contributed by atoms with Crippen LogP contribution in [-0.2, 0) is 20.1 Å². The molecule has 0 saturated carbocycles. The quantitative estimate of drug-likeness (QED) is 0.313. The summed E-state index contributed by atoms with van der Waals surface area (Å²) in [5.74, 6) is 2.02. The lowest BCUT2D eigenvalue weighted by atomic mass is 10.1. The van der Waals surface area contributed by atoms with Crippen molar-refractivity contribution in [1.82, 2.24) is 25.4 Å². The molecule has 1 unspecified atom stereocenters. The average Bonchev–Trinajstić information content (AvgIpc) is 3.02. The van der Waals surface area contributed by atoms with Crippen molar-refractivity contribution in [2.75, 3.05) is 6.54 Å². The van der Waals surface area contributed by atoms with Gasteiger partial charge in [0.15, 0.2) is 5.96 Å². The maximum atomic E-state index is 5.93. The minimum absolute atomic E-state index is 0. The van der Waals surface area contributed by atoms with Crippen LogP contribution in [-0.4, -0.2) is 33.4 Å². The van der Waals surface area contributed by atoms with E-state index in [-0.39, 0.29) is 30.1 Å². The van der Waals surface area contributed by atoms with Crippen molar-refractivity contribution < 1.29 is 4.74 Å². The van der Waals surface area contributed by atoms with Gasteiger partial charge >= 0.3 is 0 Å². The molecule has 7 nitrogen and oxygen atoms in total. The van der Waals surface area contributed by atoms with Crippen molar-refractivity contribution in [3.05, 3.63) is 41.9 Å². The smallest absolute Gasteiger partial charge is 0.213 e. The predicted molar refractivity (Wildman–Crippen MR) is 124 cm³/mol. The molecule has 2 N–H and O–H groups in total. The first-order valence-electron chi connectivity index (χ1n) is 9.58. The van der Waals surface area contributed by atoms with Gasteiger partial charge in [-0.25, -0.2) is 9.98 Å². The van der Waals surface area contributed by atoms with E-state index in [0.717, 1.165) is 30.2 Å². The van der Waals surface area contributed by atoms with E-state index in [1.807, 2.05) is 29.9 Å². The first-order chi connectivity index (χ1) is 13.0. The van der Waals surface area contributed by atoms with Crippen LogP contribution in [0.4, 0.5) is 0 Å². The summed E-state index contributed by atoms with van der Waals surface area (Å²) in [5, 5.41) is 10.8. The summed E-state index contributed by atoms with van der Waals surface area (Å²) in [6.07, 6.45) is 4.72. The molecule has 0 bridgehead atoms. The molecule has 2 aromatic heterocycles. The zero-order valence-corrected chi connectivity index (χ0v) is 19.8. The lowest BCUT2D eigenvalue weighted by Gasteiger charge is -2.16. The molecule has 2 heterocycles. The van der Waals surface area contributed by atoms with Crippen LogP contribution in [0, 0.1) is 5.92 Å². The zero-order chi connectivity index (χ0) is 19.6. The Morgan fingerprint density at radius 2 is 2.00 bits per heavy atom. The number of halogens is 1. The van der Waals surface area contributed by atoms with Crippen LogP contribution < -0.4 is 15.4 Å². The molecule has 0 aliphatic rings. The molecule has 2 rings (SSSR count). The Morgan fingerprint density at radius 3 is 2.64 bits per heavy atom. The number of hydrogen-bond donors (Lipinski definition) is 2. The molecule has 0 aromatic carbocycles. The molecular formula is C20H33IN6O. The SMILES string of the molecule is CCNC(=NCc1ccnc(OC(C)CC(C)C)c1)NCc1ccnn1C.I. The molecule has 28 heavy (non-hydrogen) atoms. The third kappa shape index (κ3) is 8.45. The fourth-order valence-electron chi connectivity index (χ4n) is 2.79. The number of nitrogens with one attached hydrogen (secondary N) is 2. The highest BCUT2D eigenvalue weighted by molar-refractivity contribution is 14.0. The Hall–Kier alpha value is -1.84. The van der Waals surface area contributed by atoms with Crippen LogP contribution in [0.2, 0.25) is 0 Å². The first kappa shape index (κ1) is 24.2. The van der Waals surface area contributed by atoms with Crippen molar-refractivity contribution in [3.8, 4) is 5.88 Å². The zero-order valence-electron chi connectivity index (χ0n) is 17.5. The summed E-state index contributed by atoms with van der Waals surface area (Å²) in [6.45, 7) is 10.5. The highest BCUT2D eigenvalue weighted by atomic mass is 127. The van der Waals surface area contributed by atoms with E-state index in [2.05, 4.69) is 53.4 Å². The molecule has 0 saturated heterocycles. The van der Waals surface area contributed by atoms with Gasteiger partial charge in [0.05, 0.1) is 24.9 Å². The number of hydrogen-bond acceptors (Lipinski definition) is 4. The fraction of sp³-hybridized carbons (Fsp3) is 0.550. The standard InChI is InChI=1S/C20H32N6O.HI/c1-6-21-20(24-14-18-8-10-25-26(18)5)23-13-17-7-9-22-19(12-17)27-16(4)11-15(2)3;/h7-10,12,15-16H,6,11,13-14H2,1-5H3,(H2,21,23,24);1H. The second-order valence-corrected chi connectivity index (χ2v) is 7.06. The Kier molecular flexibility index (Phi) is 10.9. The van der Waals surface area contributed by atoms with Crippen molar-refractivity contribution >= 4 is 29.9 Å². The molecule has 0 aliphatic heterocycles. The third-order valence-electron chi connectivity index (χ3n) is 4.05. The predicted octanol–water partition coefficient (Wildman–Crippen LogP) is 3.50. The monoisotopic (exact) mass is 500 g/mol. The van der Waals surface area contributed by atoms with Crippen LogP contribution in [0.3, 0.4) is 0 Å². The van der Waals surface area contributed by atoms with Crippen molar-refractivity contribution in [2.45, 2.75) is 53.3 Å². The number of aryl methyl sites for hydroxylation is 1. The van der Waals surface area contributed by atoms with Crippen LogP contribution in [0.25, 0.3) is 0 Å². The van der Waals surface area contributed by atoms with Gasteiger partial charge in [0.2, 0.25) is 5.88 Å². The number of pyridine rings is 1. The minimum atomic E-state index is 0. The summed E-state index contributed by atoms with van der Waals surface area (Å²) in [4.78, 5) is 8.98. The van der Waals surface area contributed by atoms with Crippen LogP contribution in [0.15, 0.2) is 35.6 Å². The number of ether oxygens (including phenoxy) is 1. The van der Waals surface area contributed by atoms with E-state index in [1.54, 1.807) is 12.4 Å². The molecule has 0 aliphatic carbocycles. The molecule has 2 aromatic rings. The van der Waals surface area contributed by atoms with Gasteiger partial charge in [-0.05, 0) is 43.9 Å². The van der Waals surface area contributed by atoms with Crippen molar-refractivity contribution in [3.63, 3.8) is 0 Å². The van der Waals surface area contributed by atoms with Crippen molar-refractivity contribution in [2.24, 2.45) is 18.0 Å². The maximum Gasteiger partial charge on any atom is 0.213 e. The Balaban J connectivity index is 0.00000392. The van der Waals surface area contributed by atoms with Gasteiger partial charge in [0, 0.05) is 32.1 Å². The number of nitrogens with zero attached hydrogens (tertiary/aromatic N) is 4. The molecule has 1 atom stereocenters. The average molecular weight is 500 g/mol. The highest BCUT2D eigenvalue weighted by Gasteiger charge is 2.08. The first-order valence-corrected chi connectivity index (χ1v) is 9.58. The highest BCUT2D eigenvalue weighted by Crippen LogP contribution is 2.15. The molecule has 0 fully saturated rings. The largest absolute Gasteiger partial charge is 0.475 e. The summed E-state index contributed by atoms with van der Waals surface area (Å²) in [5.41, 5.74) is 2.16. The second-order valence-electron chi connectivity index (χ2n) is 7.06. The molecular weight excluding hydrogens is 467 g/mol. The summed E-state index contributed by atoms with van der Waals surface area (Å²) >= 11 is 0. The van der Waals surface area contributed by atoms with Crippen LogP contribution >= 0.6 is 24.0 Å². The summed E-state index contributed by atoms with van der Waals surface area (Å²) in [6, 6.07) is 5.92. The van der Waals surface area contributed by atoms with Gasteiger partial charge in [-0.3, -0.25) is 4.68 Å². The molecule has 0 spiro atoms. The van der Waals surface area contributed by atoms with Crippen LogP contribution in [0.5, 0.6) is 5.88 Å². The fourth-order valence-corrected chi connectivity index (χ4v) is 2.79. The van der Waals surface area contributed by atoms with E-state index in [1.165, 1.54) is 0 Å². The normalized spacial score (nSPS) is 12.4. The van der Waals surface area contributed by atoms with E-state index >= 15 is 0 Å². The molecule has 0 radical (unpaired) electrons. The molecule has 0 amide bonds. The van der Waals surface area contributed by atoms with Gasteiger partial charge < -0.3 is 15.4 Å². The third-order valence-corrected chi connectivity index (χ3v) is 4.05. The van der Waals surface area contributed by atoms with Crippen molar-refractivity contribution in [1.29, 1.82) is 0 Å². The Labute approximate surface area is 185 Å². The molecule has 8 heteroatoms. The Morgan fingerprint density at radius 1 is 1.21 bits per heavy atom. The van der Waals surface area contributed by atoms with E-state index in [4.69, 9.17) is 4.74 Å². The van der Waals surface area contributed by atoms with Gasteiger partial charge in [-0.15, -0.1) is 24.0 Å². The van der Waals surface area contributed by atoms with E-state index in [0.29, 0.717) is 24.9 Å². The van der Waals surface area contributed by atoms with Gasteiger partial charge in [0.1, 0.15) is 0 Å². The minimum Gasteiger partial charge on any atom is -0.475 e. The molecule has 156 valence electrons.